The van der Waals surface area contributed by atoms with E-state index in [4.69, 9.17) is 8.94 Å². The minimum absolute atomic E-state index is 0.504. The fourth-order valence-corrected chi connectivity index (χ4v) is 1.10. The second kappa shape index (κ2) is 4.06. The van der Waals surface area contributed by atoms with E-state index in [1.807, 2.05) is 7.05 Å². The van der Waals surface area contributed by atoms with E-state index in [9.17, 15) is 0 Å². The third-order valence-electron chi connectivity index (χ3n) is 1.83. The van der Waals surface area contributed by atoms with Crippen LogP contribution in [0, 0.1) is 0 Å². The van der Waals surface area contributed by atoms with Crippen LogP contribution < -0.4 is 5.32 Å². The molecule has 14 heavy (non-hydrogen) atoms. The van der Waals surface area contributed by atoms with Crippen molar-refractivity contribution in [2.75, 3.05) is 13.6 Å². The standard InChI is InChI=1S/C9H11N3O2/c1-10-4-2-8-11-9(14-12-8)7-3-5-13-6-7/h3,5-6,10H,2,4H2,1H3. The van der Waals surface area contributed by atoms with Crippen LogP contribution in [-0.4, -0.2) is 23.7 Å². The van der Waals surface area contributed by atoms with Gasteiger partial charge in [0.1, 0.15) is 6.26 Å². The van der Waals surface area contributed by atoms with Gasteiger partial charge in [0.2, 0.25) is 0 Å². The molecule has 1 N–H and O–H groups in total. The molecule has 0 bridgehead atoms. The fraction of sp³-hybridized carbons (Fsp3) is 0.333. The van der Waals surface area contributed by atoms with Gasteiger partial charge in [-0.2, -0.15) is 4.98 Å². The smallest absolute Gasteiger partial charge is 0.261 e. The number of nitrogens with zero attached hydrogens (tertiary/aromatic N) is 2. The van der Waals surface area contributed by atoms with Crippen molar-refractivity contribution in [1.29, 1.82) is 0 Å². The van der Waals surface area contributed by atoms with Crippen molar-refractivity contribution in [3.8, 4) is 11.5 Å². The maximum absolute atomic E-state index is 5.06. The number of furan rings is 1. The molecular weight excluding hydrogens is 182 g/mol. The van der Waals surface area contributed by atoms with E-state index in [0.29, 0.717) is 11.7 Å². The number of hydrogen-bond acceptors (Lipinski definition) is 5. The van der Waals surface area contributed by atoms with Crippen LogP contribution in [-0.2, 0) is 6.42 Å². The Balaban J connectivity index is 2.10. The maximum Gasteiger partial charge on any atom is 0.261 e. The Kier molecular flexibility index (Phi) is 2.60. The van der Waals surface area contributed by atoms with Gasteiger partial charge in [-0.1, -0.05) is 5.16 Å². The van der Waals surface area contributed by atoms with E-state index in [1.165, 1.54) is 0 Å². The zero-order chi connectivity index (χ0) is 9.80. The Morgan fingerprint density at radius 2 is 2.43 bits per heavy atom. The molecule has 0 amide bonds. The summed E-state index contributed by atoms with van der Waals surface area (Å²) >= 11 is 0. The van der Waals surface area contributed by atoms with Gasteiger partial charge in [-0.25, -0.2) is 0 Å². The third kappa shape index (κ3) is 1.82. The van der Waals surface area contributed by atoms with Gasteiger partial charge in [-0.3, -0.25) is 0 Å². The zero-order valence-electron chi connectivity index (χ0n) is 7.86. The first-order valence-electron chi connectivity index (χ1n) is 4.40. The Bertz CT molecular complexity index is 380. The molecule has 0 spiro atoms. The van der Waals surface area contributed by atoms with Gasteiger partial charge in [0.15, 0.2) is 5.82 Å². The maximum atomic E-state index is 5.06. The molecule has 0 unspecified atom stereocenters. The second-order valence-electron chi connectivity index (χ2n) is 2.88. The van der Waals surface area contributed by atoms with Crippen molar-refractivity contribution in [2.24, 2.45) is 0 Å². The predicted octanol–water partition coefficient (Wildman–Crippen LogP) is 1.09. The molecule has 2 heterocycles. The fourth-order valence-electron chi connectivity index (χ4n) is 1.10. The van der Waals surface area contributed by atoms with Gasteiger partial charge < -0.3 is 14.3 Å². The lowest BCUT2D eigenvalue weighted by Gasteiger charge is -1.90. The van der Waals surface area contributed by atoms with Crippen LogP contribution in [0.2, 0.25) is 0 Å². The first kappa shape index (κ1) is 8.96. The molecule has 0 radical (unpaired) electrons. The number of likely N-dealkylation sites (N-methyl/N-ethyl adjacent to an activating group) is 1. The van der Waals surface area contributed by atoms with Gasteiger partial charge in [0.25, 0.3) is 5.89 Å². The first-order valence-corrected chi connectivity index (χ1v) is 4.40. The summed E-state index contributed by atoms with van der Waals surface area (Å²) in [5, 5.41) is 6.86. The molecule has 0 aromatic carbocycles. The molecule has 0 fully saturated rings. The average molecular weight is 193 g/mol. The third-order valence-corrected chi connectivity index (χ3v) is 1.83. The molecule has 0 saturated heterocycles. The monoisotopic (exact) mass is 193 g/mol. The molecule has 0 atom stereocenters. The summed E-state index contributed by atoms with van der Waals surface area (Å²) in [6, 6.07) is 1.79. The van der Waals surface area contributed by atoms with Crippen LogP contribution in [0.25, 0.3) is 11.5 Å². The van der Waals surface area contributed by atoms with Crippen LogP contribution >= 0.6 is 0 Å². The van der Waals surface area contributed by atoms with Crippen molar-refractivity contribution < 1.29 is 8.94 Å². The Morgan fingerprint density at radius 1 is 1.50 bits per heavy atom. The van der Waals surface area contributed by atoms with Gasteiger partial charge >= 0.3 is 0 Å². The molecule has 2 rings (SSSR count). The SMILES string of the molecule is CNCCc1noc(-c2ccoc2)n1. The highest BCUT2D eigenvalue weighted by Gasteiger charge is 2.08. The second-order valence-corrected chi connectivity index (χ2v) is 2.88. The van der Waals surface area contributed by atoms with Crippen molar-refractivity contribution in [2.45, 2.75) is 6.42 Å². The molecule has 0 saturated carbocycles. The van der Waals surface area contributed by atoms with E-state index in [0.717, 1.165) is 18.5 Å². The summed E-state index contributed by atoms with van der Waals surface area (Å²) in [6.45, 7) is 0.838. The normalized spacial score (nSPS) is 10.6. The zero-order valence-corrected chi connectivity index (χ0v) is 7.86. The molecule has 2 aromatic rings. The quantitative estimate of drug-likeness (QED) is 0.787. The summed E-state index contributed by atoms with van der Waals surface area (Å²) in [6.07, 6.45) is 3.92. The highest BCUT2D eigenvalue weighted by molar-refractivity contribution is 5.49. The summed E-state index contributed by atoms with van der Waals surface area (Å²) in [4.78, 5) is 4.21. The molecule has 5 nitrogen and oxygen atoms in total. The topological polar surface area (TPSA) is 64.1 Å². The highest BCUT2D eigenvalue weighted by atomic mass is 16.5. The number of aromatic nitrogens is 2. The molecule has 0 aliphatic carbocycles. The minimum Gasteiger partial charge on any atom is -0.472 e. The van der Waals surface area contributed by atoms with E-state index >= 15 is 0 Å². The molecule has 0 aliphatic rings. The summed E-state index contributed by atoms with van der Waals surface area (Å²) < 4.78 is 9.98. The van der Waals surface area contributed by atoms with Gasteiger partial charge in [0, 0.05) is 13.0 Å². The Morgan fingerprint density at radius 3 is 3.14 bits per heavy atom. The van der Waals surface area contributed by atoms with E-state index in [-0.39, 0.29) is 0 Å². The van der Waals surface area contributed by atoms with Gasteiger partial charge in [-0.05, 0) is 13.1 Å². The number of rotatable bonds is 4. The van der Waals surface area contributed by atoms with Crippen LogP contribution in [0.5, 0.6) is 0 Å². The number of hydrogen-bond donors (Lipinski definition) is 1. The van der Waals surface area contributed by atoms with Crippen molar-refractivity contribution in [3.63, 3.8) is 0 Å². The number of nitrogens with one attached hydrogen (secondary N) is 1. The van der Waals surface area contributed by atoms with Crippen LogP contribution in [0.3, 0.4) is 0 Å². The summed E-state index contributed by atoms with van der Waals surface area (Å²) in [7, 11) is 1.89. The molecular formula is C9H11N3O2. The van der Waals surface area contributed by atoms with E-state index in [2.05, 4.69) is 15.5 Å². The minimum atomic E-state index is 0.504. The molecule has 2 aromatic heterocycles. The average Bonchev–Trinajstić information content (AvgIpc) is 2.85. The Hall–Kier alpha value is -1.62. The summed E-state index contributed by atoms with van der Waals surface area (Å²) in [5.41, 5.74) is 0.813. The molecule has 0 aliphatic heterocycles. The molecule has 74 valence electrons. The van der Waals surface area contributed by atoms with Crippen molar-refractivity contribution in [1.82, 2.24) is 15.5 Å². The summed E-state index contributed by atoms with van der Waals surface area (Å²) in [5.74, 6) is 1.21. The lowest BCUT2D eigenvalue weighted by atomic mass is 10.3. The van der Waals surface area contributed by atoms with Gasteiger partial charge in [0.05, 0.1) is 11.8 Å². The highest BCUT2D eigenvalue weighted by Crippen LogP contribution is 2.16. The van der Waals surface area contributed by atoms with Gasteiger partial charge in [-0.15, -0.1) is 0 Å². The van der Waals surface area contributed by atoms with E-state index < -0.39 is 0 Å². The largest absolute Gasteiger partial charge is 0.472 e. The van der Waals surface area contributed by atoms with Crippen molar-refractivity contribution >= 4 is 0 Å². The van der Waals surface area contributed by atoms with Crippen LogP contribution in [0.1, 0.15) is 5.82 Å². The lowest BCUT2D eigenvalue weighted by molar-refractivity contribution is 0.421. The van der Waals surface area contributed by atoms with E-state index in [1.54, 1.807) is 18.6 Å². The Labute approximate surface area is 81.1 Å². The lowest BCUT2D eigenvalue weighted by Crippen LogP contribution is -2.10. The first-order chi connectivity index (χ1) is 6.90. The van der Waals surface area contributed by atoms with Crippen LogP contribution in [0.4, 0.5) is 0 Å². The van der Waals surface area contributed by atoms with Crippen LogP contribution in [0.15, 0.2) is 27.5 Å². The predicted molar refractivity (Wildman–Crippen MR) is 49.6 cm³/mol. The molecule has 5 heteroatoms. The van der Waals surface area contributed by atoms with Crippen molar-refractivity contribution in [3.05, 3.63) is 24.4 Å².